The van der Waals surface area contributed by atoms with Crippen molar-refractivity contribution in [1.29, 1.82) is 0 Å². The summed E-state index contributed by atoms with van der Waals surface area (Å²) < 4.78 is 10.5. The van der Waals surface area contributed by atoms with Gasteiger partial charge in [-0.25, -0.2) is 9.97 Å². The Morgan fingerprint density at radius 2 is 1.86 bits per heavy atom. The number of hydrogen-bond acceptors (Lipinski definition) is 6. The average Bonchev–Trinajstić information content (AvgIpc) is 2.73. The number of anilines is 2. The molecule has 144 valence electrons. The maximum absolute atomic E-state index is 12.6. The molecule has 0 aliphatic rings. The highest BCUT2D eigenvalue weighted by molar-refractivity contribution is 6.04. The normalized spacial score (nSPS) is 10.2. The summed E-state index contributed by atoms with van der Waals surface area (Å²) in [6, 6.07) is 14.9. The van der Waals surface area contributed by atoms with E-state index in [1.807, 2.05) is 18.2 Å². The largest absolute Gasteiger partial charge is 0.497 e. The molecule has 0 spiro atoms. The van der Waals surface area contributed by atoms with E-state index in [4.69, 9.17) is 9.47 Å². The minimum Gasteiger partial charge on any atom is -0.497 e. The van der Waals surface area contributed by atoms with Crippen LogP contribution in [0.3, 0.4) is 0 Å². The highest BCUT2D eigenvalue weighted by Crippen LogP contribution is 2.29. The Bertz CT molecular complexity index is 975. The number of nitrogens with zero attached hydrogens (tertiary/aromatic N) is 2. The number of rotatable bonds is 7. The zero-order valence-electron chi connectivity index (χ0n) is 16.0. The van der Waals surface area contributed by atoms with Crippen LogP contribution in [0.1, 0.15) is 21.6 Å². The maximum atomic E-state index is 12.6. The van der Waals surface area contributed by atoms with Crippen molar-refractivity contribution in [2.75, 3.05) is 24.9 Å². The van der Waals surface area contributed by atoms with Gasteiger partial charge in [0.15, 0.2) is 0 Å². The molecule has 0 aliphatic carbocycles. The van der Waals surface area contributed by atoms with Crippen LogP contribution in [0.4, 0.5) is 11.5 Å². The average molecular weight is 378 g/mol. The molecule has 3 rings (SSSR count). The molecule has 0 radical (unpaired) electrons. The predicted octanol–water partition coefficient (Wildman–Crippen LogP) is 3.67. The van der Waals surface area contributed by atoms with Gasteiger partial charge in [0, 0.05) is 18.7 Å². The summed E-state index contributed by atoms with van der Waals surface area (Å²) in [4.78, 5) is 20.9. The Kier molecular flexibility index (Phi) is 6.06. The summed E-state index contributed by atoms with van der Waals surface area (Å²) in [5, 5.41) is 6.03. The molecule has 1 heterocycles. The highest BCUT2D eigenvalue weighted by atomic mass is 16.5. The zero-order valence-corrected chi connectivity index (χ0v) is 16.0. The first-order valence-corrected chi connectivity index (χ1v) is 8.74. The number of benzene rings is 2. The molecule has 28 heavy (non-hydrogen) atoms. The molecular weight excluding hydrogens is 356 g/mol. The van der Waals surface area contributed by atoms with Crippen molar-refractivity contribution in [3.63, 3.8) is 0 Å². The molecule has 2 aromatic carbocycles. The zero-order chi connectivity index (χ0) is 19.9. The lowest BCUT2D eigenvalue weighted by Gasteiger charge is -2.12. The van der Waals surface area contributed by atoms with E-state index in [9.17, 15) is 4.79 Å². The second-order valence-corrected chi connectivity index (χ2v) is 6.09. The van der Waals surface area contributed by atoms with Gasteiger partial charge < -0.3 is 20.1 Å². The van der Waals surface area contributed by atoms with E-state index in [2.05, 4.69) is 33.6 Å². The van der Waals surface area contributed by atoms with Crippen LogP contribution in [-0.4, -0.2) is 30.1 Å². The van der Waals surface area contributed by atoms with Crippen LogP contribution in [0, 0.1) is 6.92 Å². The molecule has 3 aromatic rings. The van der Waals surface area contributed by atoms with E-state index in [0.717, 1.165) is 5.56 Å². The van der Waals surface area contributed by atoms with E-state index in [0.29, 0.717) is 29.5 Å². The number of amides is 1. The summed E-state index contributed by atoms with van der Waals surface area (Å²) in [6.45, 7) is 2.66. The van der Waals surface area contributed by atoms with Gasteiger partial charge in [0.05, 0.1) is 19.9 Å². The molecule has 0 unspecified atom stereocenters. The van der Waals surface area contributed by atoms with Gasteiger partial charge in [-0.3, -0.25) is 4.79 Å². The Morgan fingerprint density at radius 3 is 2.61 bits per heavy atom. The summed E-state index contributed by atoms with van der Waals surface area (Å²) in [5.41, 5.74) is 3.09. The quantitative estimate of drug-likeness (QED) is 0.653. The van der Waals surface area contributed by atoms with Crippen molar-refractivity contribution >= 4 is 17.4 Å². The molecule has 0 bridgehead atoms. The summed E-state index contributed by atoms with van der Waals surface area (Å²) in [7, 11) is 3.10. The topological polar surface area (TPSA) is 85.4 Å². The van der Waals surface area contributed by atoms with Crippen molar-refractivity contribution in [2.45, 2.75) is 13.5 Å². The molecule has 2 N–H and O–H groups in total. The van der Waals surface area contributed by atoms with Crippen molar-refractivity contribution in [3.05, 3.63) is 71.7 Å². The maximum Gasteiger partial charge on any atom is 0.274 e. The lowest BCUT2D eigenvalue weighted by Crippen LogP contribution is -2.15. The van der Waals surface area contributed by atoms with Gasteiger partial charge in [-0.2, -0.15) is 0 Å². The first-order valence-electron chi connectivity index (χ1n) is 8.74. The molecule has 7 nitrogen and oxygen atoms in total. The number of methoxy groups -OCH3 is 2. The van der Waals surface area contributed by atoms with Crippen LogP contribution in [0.5, 0.6) is 11.5 Å². The van der Waals surface area contributed by atoms with E-state index >= 15 is 0 Å². The van der Waals surface area contributed by atoms with Crippen LogP contribution >= 0.6 is 0 Å². The number of carbonyl (C=O) groups is 1. The van der Waals surface area contributed by atoms with Gasteiger partial charge in [-0.05, 0) is 30.2 Å². The van der Waals surface area contributed by atoms with Gasteiger partial charge >= 0.3 is 0 Å². The van der Waals surface area contributed by atoms with Gasteiger partial charge in [0.2, 0.25) is 0 Å². The SMILES string of the molecule is COc1ccc(OC)c(NC(=O)c2cc(NCc3ccccc3C)ncn2)c1. The Morgan fingerprint density at radius 1 is 1.04 bits per heavy atom. The third-order valence-electron chi connectivity index (χ3n) is 4.28. The van der Waals surface area contributed by atoms with Crippen LogP contribution in [0.25, 0.3) is 0 Å². The van der Waals surface area contributed by atoms with Crippen LogP contribution < -0.4 is 20.1 Å². The van der Waals surface area contributed by atoms with Crippen LogP contribution in [0.15, 0.2) is 54.9 Å². The molecule has 7 heteroatoms. The standard InChI is InChI=1S/C21H22N4O3/c1-14-6-4-5-7-15(14)12-22-20-11-18(23-13-24-20)21(26)25-17-10-16(27-2)8-9-19(17)28-3/h4-11,13H,12H2,1-3H3,(H,25,26)(H,22,23,24). The monoisotopic (exact) mass is 378 g/mol. The number of hydrogen-bond donors (Lipinski definition) is 2. The first-order chi connectivity index (χ1) is 13.6. The molecule has 0 aliphatic heterocycles. The summed E-state index contributed by atoms with van der Waals surface area (Å²) in [6.07, 6.45) is 1.36. The molecule has 0 fully saturated rings. The van der Waals surface area contributed by atoms with E-state index in [1.54, 1.807) is 31.4 Å². The molecule has 1 amide bonds. The second-order valence-electron chi connectivity index (χ2n) is 6.09. The number of aromatic nitrogens is 2. The minimum absolute atomic E-state index is 0.243. The van der Waals surface area contributed by atoms with Gasteiger partial charge in [0.25, 0.3) is 5.91 Å². The van der Waals surface area contributed by atoms with Crippen molar-refractivity contribution < 1.29 is 14.3 Å². The van der Waals surface area contributed by atoms with Gasteiger partial charge in [-0.1, -0.05) is 24.3 Å². The second kappa shape index (κ2) is 8.85. The summed E-state index contributed by atoms with van der Waals surface area (Å²) >= 11 is 0. The van der Waals surface area contributed by atoms with Gasteiger partial charge in [0.1, 0.15) is 29.3 Å². The molecular formula is C21H22N4O3. The fourth-order valence-electron chi connectivity index (χ4n) is 2.67. The van der Waals surface area contributed by atoms with E-state index in [1.165, 1.54) is 19.0 Å². The van der Waals surface area contributed by atoms with E-state index < -0.39 is 0 Å². The van der Waals surface area contributed by atoms with Crippen LogP contribution in [0.2, 0.25) is 0 Å². The Hall–Kier alpha value is -3.61. The van der Waals surface area contributed by atoms with Crippen LogP contribution in [-0.2, 0) is 6.54 Å². The highest BCUT2D eigenvalue weighted by Gasteiger charge is 2.13. The number of carbonyl (C=O) groups excluding carboxylic acids is 1. The molecule has 1 aromatic heterocycles. The fourth-order valence-corrected chi connectivity index (χ4v) is 2.67. The summed E-state index contributed by atoms with van der Waals surface area (Å²) in [5.74, 6) is 1.34. The smallest absolute Gasteiger partial charge is 0.274 e. The van der Waals surface area contributed by atoms with Crippen molar-refractivity contribution in [1.82, 2.24) is 9.97 Å². The van der Waals surface area contributed by atoms with E-state index in [-0.39, 0.29) is 11.6 Å². The third-order valence-corrected chi connectivity index (χ3v) is 4.28. The Balaban J connectivity index is 1.73. The van der Waals surface area contributed by atoms with Crippen molar-refractivity contribution in [2.24, 2.45) is 0 Å². The minimum atomic E-state index is -0.368. The molecule has 0 saturated carbocycles. The molecule has 0 atom stereocenters. The fraction of sp³-hybridized carbons (Fsp3) is 0.190. The third kappa shape index (κ3) is 4.56. The first kappa shape index (κ1) is 19.2. The number of ether oxygens (including phenoxy) is 2. The lowest BCUT2D eigenvalue weighted by atomic mass is 10.1. The van der Waals surface area contributed by atoms with Gasteiger partial charge in [-0.15, -0.1) is 0 Å². The number of aryl methyl sites for hydroxylation is 1. The predicted molar refractivity (Wildman–Crippen MR) is 108 cm³/mol. The lowest BCUT2D eigenvalue weighted by molar-refractivity contribution is 0.102. The molecule has 0 saturated heterocycles. The Labute approximate surface area is 163 Å². The van der Waals surface area contributed by atoms with Crippen molar-refractivity contribution in [3.8, 4) is 11.5 Å². The number of nitrogens with one attached hydrogen (secondary N) is 2.